The lowest BCUT2D eigenvalue weighted by molar-refractivity contribution is -0.137. The van der Waals surface area contributed by atoms with E-state index >= 15 is 0 Å². The van der Waals surface area contributed by atoms with Crippen LogP contribution in [0, 0.1) is 0 Å². The monoisotopic (exact) mass is 344 g/mol. The molecule has 1 fully saturated rings. The Morgan fingerprint density at radius 1 is 1.12 bits per heavy atom. The molecule has 0 saturated carbocycles. The Hall–Kier alpha value is -1.90. The summed E-state index contributed by atoms with van der Waals surface area (Å²) in [7, 11) is 0. The second kappa shape index (κ2) is 12.5. The smallest absolute Gasteiger partial charge is 0.432 e. The first kappa shape index (κ1) is 20.1. The van der Waals surface area contributed by atoms with Gasteiger partial charge < -0.3 is 28.4 Å². The van der Waals surface area contributed by atoms with Crippen molar-refractivity contribution in [2.45, 2.75) is 20.3 Å². The molecule has 0 N–H and O–H groups in total. The molecular weight excluding hydrogens is 320 g/mol. The van der Waals surface area contributed by atoms with Crippen LogP contribution >= 0.6 is 0 Å². The van der Waals surface area contributed by atoms with Crippen LogP contribution in [0.2, 0.25) is 0 Å². The third-order valence-electron chi connectivity index (χ3n) is 2.77. The highest BCUT2D eigenvalue weighted by molar-refractivity contribution is 5.67. The van der Waals surface area contributed by atoms with Crippen molar-refractivity contribution in [1.29, 1.82) is 0 Å². The van der Waals surface area contributed by atoms with Crippen LogP contribution in [0.5, 0.6) is 0 Å². The minimum absolute atomic E-state index is 0.154. The standard InChI is InChI=1S/C16H24O8/c1-3-14(23-13(2)17)4-6-19-8-10-21-11-9-20-7-5-15-12-22-16(18)24-15/h4-5H,3,6-12H2,1-2H3/b14-4-,15-5?. The van der Waals surface area contributed by atoms with Crippen molar-refractivity contribution in [3.05, 3.63) is 23.7 Å². The number of carbonyl (C=O) groups is 2. The first-order valence-electron chi connectivity index (χ1n) is 7.76. The van der Waals surface area contributed by atoms with Crippen molar-refractivity contribution in [3.8, 4) is 0 Å². The van der Waals surface area contributed by atoms with E-state index in [2.05, 4.69) is 4.74 Å². The quantitative estimate of drug-likeness (QED) is 0.301. The summed E-state index contributed by atoms with van der Waals surface area (Å²) in [6.45, 7) is 5.85. The lowest BCUT2D eigenvalue weighted by Gasteiger charge is -2.06. The van der Waals surface area contributed by atoms with Crippen LogP contribution in [0.3, 0.4) is 0 Å². The predicted octanol–water partition coefficient (Wildman–Crippen LogP) is 1.94. The van der Waals surface area contributed by atoms with Crippen molar-refractivity contribution >= 4 is 12.1 Å². The number of rotatable bonds is 12. The summed E-state index contributed by atoms with van der Waals surface area (Å²) >= 11 is 0. The molecule has 8 heteroatoms. The zero-order valence-corrected chi connectivity index (χ0v) is 14.1. The number of carbonyl (C=O) groups excluding carboxylic acids is 2. The largest absolute Gasteiger partial charge is 0.514 e. The Bertz CT molecular complexity index is 455. The van der Waals surface area contributed by atoms with Crippen LogP contribution in [-0.4, -0.2) is 58.4 Å². The van der Waals surface area contributed by atoms with Gasteiger partial charge in [-0.3, -0.25) is 4.79 Å². The van der Waals surface area contributed by atoms with Crippen LogP contribution < -0.4 is 0 Å². The fourth-order valence-corrected chi connectivity index (χ4v) is 1.65. The number of hydrogen-bond acceptors (Lipinski definition) is 8. The summed E-state index contributed by atoms with van der Waals surface area (Å²) in [6, 6.07) is 0. The molecule has 1 aliphatic heterocycles. The van der Waals surface area contributed by atoms with Crippen molar-refractivity contribution < 1.29 is 38.0 Å². The molecule has 0 atom stereocenters. The van der Waals surface area contributed by atoms with Gasteiger partial charge >= 0.3 is 12.1 Å². The molecule has 0 amide bonds. The SMILES string of the molecule is CC/C(=C/COCCOCCOCC=C1COC(=O)O1)OC(C)=O. The molecule has 1 rings (SSSR count). The Labute approximate surface area is 141 Å². The molecule has 0 aliphatic carbocycles. The molecule has 0 aromatic heterocycles. The molecule has 136 valence electrons. The summed E-state index contributed by atoms with van der Waals surface area (Å²) in [6.07, 6.45) is 3.34. The van der Waals surface area contributed by atoms with Gasteiger partial charge in [-0.05, 0) is 12.2 Å². The van der Waals surface area contributed by atoms with E-state index in [9.17, 15) is 9.59 Å². The van der Waals surface area contributed by atoms with Crippen LogP contribution in [0.25, 0.3) is 0 Å². The minimum Gasteiger partial charge on any atom is -0.432 e. The van der Waals surface area contributed by atoms with Crippen LogP contribution in [0.1, 0.15) is 20.3 Å². The molecule has 8 nitrogen and oxygen atoms in total. The summed E-state index contributed by atoms with van der Waals surface area (Å²) in [5.41, 5.74) is 0. The van der Waals surface area contributed by atoms with Crippen LogP contribution in [-0.2, 0) is 33.2 Å². The van der Waals surface area contributed by atoms with Gasteiger partial charge in [0.2, 0.25) is 0 Å². The van der Waals surface area contributed by atoms with E-state index in [4.69, 9.17) is 23.7 Å². The van der Waals surface area contributed by atoms with E-state index in [1.807, 2.05) is 6.92 Å². The molecule has 0 spiro atoms. The van der Waals surface area contributed by atoms with Gasteiger partial charge in [0.05, 0.1) is 39.6 Å². The highest BCUT2D eigenvalue weighted by atomic mass is 16.8. The summed E-state index contributed by atoms with van der Waals surface area (Å²) in [5.74, 6) is 0.729. The van der Waals surface area contributed by atoms with Gasteiger partial charge in [-0.25, -0.2) is 4.79 Å². The zero-order valence-electron chi connectivity index (χ0n) is 14.1. The highest BCUT2D eigenvalue weighted by Crippen LogP contribution is 2.09. The summed E-state index contributed by atoms with van der Waals surface area (Å²) in [5, 5.41) is 0. The summed E-state index contributed by atoms with van der Waals surface area (Å²) in [4.78, 5) is 21.5. The first-order chi connectivity index (χ1) is 11.6. The number of cyclic esters (lactones) is 2. The molecule has 1 saturated heterocycles. The zero-order chi connectivity index (χ0) is 17.6. The molecule has 1 heterocycles. The molecule has 0 bridgehead atoms. The molecule has 0 radical (unpaired) electrons. The van der Waals surface area contributed by atoms with E-state index in [1.54, 1.807) is 12.2 Å². The molecule has 0 aromatic rings. The van der Waals surface area contributed by atoms with Gasteiger partial charge in [-0.15, -0.1) is 0 Å². The van der Waals surface area contributed by atoms with E-state index in [1.165, 1.54) is 6.92 Å². The fraction of sp³-hybridized carbons (Fsp3) is 0.625. The van der Waals surface area contributed by atoms with Gasteiger partial charge in [0.15, 0.2) is 6.61 Å². The Morgan fingerprint density at radius 2 is 1.79 bits per heavy atom. The van der Waals surface area contributed by atoms with E-state index in [0.29, 0.717) is 57.6 Å². The molecule has 0 aromatic carbocycles. The van der Waals surface area contributed by atoms with Crippen molar-refractivity contribution in [2.24, 2.45) is 0 Å². The van der Waals surface area contributed by atoms with E-state index in [0.717, 1.165) is 0 Å². The fourth-order valence-electron chi connectivity index (χ4n) is 1.65. The van der Waals surface area contributed by atoms with Crippen molar-refractivity contribution in [2.75, 3.05) is 46.2 Å². The number of ether oxygens (including phenoxy) is 6. The van der Waals surface area contributed by atoms with Crippen molar-refractivity contribution in [1.82, 2.24) is 0 Å². The van der Waals surface area contributed by atoms with Gasteiger partial charge in [-0.1, -0.05) is 6.92 Å². The second-order valence-electron chi connectivity index (χ2n) is 4.69. The maximum absolute atomic E-state index is 10.8. The average molecular weight is 344 g/mol. The van der Waals surface area contributed by atoms with Gasteiger partial charge in [0.25, 0.3) is 0 Å². The molecular formula is C16H24O8. The summed E-state index contributed by atoms with van der Waals surface area (Å²) < 4.78 is 30.3. The number of esters is 1. The Kier molecular flexibility index (Phi) is 10.5. The first-order valence-corrected chi connectivity index (χ1v) is 7.76. The molecule has 1 aliphatic rings. The predicted molar refractivity (Wildman–Crippen MR) is 83.1 cm³/mol. The Morgan fingerprint density at radius 3 is 2.38 bits per heavy atom. The lowest BCUT2D eigenvalue weighted by Crippen LogP contribution is -2.10. The maximum atomic E-state index is 10.8. The highest BCUT2D eigenvalue weighted by Gasteiger charge is 2.17. The molecule has 24 heavy (non-hydrogen) atoms. The lowest BCUT2D eigenvalue weighted by atomic mass is 10.3. The second-order valence-corrected chi connectivity index (χ2v) is 4.69. The van der Waals surface area contributed by atoms with Gasteiger partial charge in [0.1, 0.15) is 11.5 Å². The number of allylic oxidation sites excluding steroid dienone is 1. The van der Waals surface area contributed by atoms with Gasteiger partial charge in [-0.2, -0.15) is 0 Å². The van der Waals surface area contributed by atoms with Crippen molar-refractivity contribution in [3.63, 3.8) is 0 Å². The maximum Gasteiger partial charge on any atom is 0.514 e. The van der Waals surface area contributed by atoms with Crippen LogP contribution in [0.15, 0.2) is 23.7 Å². The number of hydrogen-bond donors (Lipinski definition) is 0. The average Bonchev–Trinajstić information content (AvgIpc) is 2.96. The third-order valence-corrected chi connectivity index (χ3v) is 2.77. The Balaban J connectivity index is 1.91. The van der Waals surface area contributed by atoms with E-state index in [-0.39, 0.29) is 12.6 Å². The third kappa shape index (κ3) is 9.98. The minimum atomic E-state index is -0.682. The normalized spacial score (nSPS) is 16.2. The van der Waals surface area contributed by atoms with Crippen LogP contribution in [0.4, 0.5) is 4.79 Å². The van der Waals surface area contributed by atoms with E-state index < -0.39 is 6.16 Å². The topological polar surface area (TPSA) is 89.5 Å². The van der Waals surface area contributed by atoms with Gasteiger partial charge in [0, 0.05) is 13.3 Å². The molecule has 0 unspecified atom stereocenters.